The molecule has 0 saturated heterocycles. The Balaban J connectivity index is 2.02. The van der Waals surface area contributed by atoms with Crippen LogP contribution in [0.3, 0.4) is 0 Å². The van der Waals surface area contributed by atoms with Crippen molar-refractivity contribution in [2.24, 2.45) is 11.0 Å². The molecule has 0 bridgehead atoms. The minimum absolute atomic E-state index is 0.0487. The average molecular weight is 478 g/mol. The number of rotatable bonds is 8. The molecule has 2 rings (SSSR count). The van der Waals surface area contributed by atoms with Crippen molar-refractivity contribution in [2.45, 2.75) is 39.8 Å². The van der Waals surface area contributed by atoms with Gasteiger partial charge in [0.25, 0.3) is 11.8 Å². The van der Waals surface area contributed by atoms with Gasteiger partial charge in [-0.3, -0.25) is 9.59 Å². The van der Waals surface area contributed by atoms with Gasteiger partial charge in [-0.2, -0.15) is 5.10 Å². The third kappa shape index (κ3) is 6.66. The van der Waals surface area contributed by atoms with Crippen molar-refractivity contribution in [1.82, 2.24) is 10.7 Å². The maximum atomic E-state index is 13.8. The van der Waals surface area contributed by atoms with E-state index in [0.29, 0.717) is 5.75 Å². The number of nitrogens with one attached hydrogen (secondary N) is 2. The van der Waals surface area contributed by atoms with Crippen LogP contribution in [0.15, 0.2) is 52.0 Å². The number of nitrogens with zero attached hydrogens (tertiary/aromatic N) is 1. The minimum atomic E-state index is -0.872. The summed E-state index contributed by atoms with van der Waals surface area (Å²) in [6, 6.07) is 10.2. The molecule has 0 aromatic heterocycles. The lowest BCUT2D eigenvalue weighted by molar-refractivity contribution is -0.123. The lowest BCUT2D eigenvalue weighted by Crippen LogP contribution is -2.48. The van der Waals surface area contributed by atoms with Gasteiger partial charge in [0.2, 0.25) is 0 Å². The third-order valence-corrected chi connectivity index (χ3v) is 4.68. The Morgan fingerprint density at radius 1 is 1.13 bits per heavy atom. The Labute approximate surface area is 184 Å². The molecule has 1 atom stereocenters. The van der Waals surface area contributed by atoms with E-state index in [1.165, 1.54) is 24.4 Å². The summed E-state index contributed by atoms with van der Waals surface area (Å²) in [5.74, 6) is -1.31. The lowest BCUT2D eigenvalue weighted by Gasteiger charge is -2.20. The van der Waals surface area contributed by atoms with Gasteiger partial charge in [0.1, 0.15) is 17.6 Å². The molecule has 0 heterocycles. The van der Waals surface area contributed by atoms with E-state index in [-0.39, 0.29) is 17.6 Å². The summed E-state index contributed by atoms with van der Waals surface area (Å²) >= 11 is 3.44. The fraction of sp³-hybridized carbons (Fsp3) is 0.318. The predicted octanol–water partition coefficient (Wildman–Crippen LogP) is 4.28. The fourth-order valence-electron chi connectivity index (χ4n) is 2.59. The van der Waals surface area contributed by atoms with Crippen LogP contribution in [-0.4, -0.2) is 30.2 Å². The van der Waals surface area contributed by atoms with Crippen molar-refractivity contribution >= 4 is 34.0 Å². The molecule has 160 valence electrons. The molecule has 6 nitrogen and oxygen atoms in total. The molecule has 1 unspecified atom stereocenters. The number of amides is 2. The largest absolute Gasteiger partial charge is 0.490 e. The standard InChI is InChI=1S/C22H25BrFN3O3/c1-13(2)20(26-21(28)16-7-5-6-8-18(16)24)22(29)27-25-12-15-9-10-19(17(23)11-15)30-14(3)4/h5-14,20H,1-4H3,(H,26,28)(H,27,29). The van der Waals surface area contributed by atoms with Gasteiger partial charge in [0, 0.05) is 0 Å². The van der Waals surface area contributed by atoms with Crippen LogP contribution in [0.4, 0.5) is 4.39 Å². The highest BCUT2D eigenvalue weighted by atomic mass is 79.9. The van der Waals surface area contributed by atoms with Crippen LogP contribution < -0.4 is 15.5 Å². The van der Waals surface area contributed by atoms with E-state index in [4.69, 9.17) is 4.74 Å². The summed E-state index contributed by atoms with van der Waals surface area (Å²) in [5.41, 5.74) is 3.05. The summed E-state index contributed by atoms with van der Waals surface area (Å²) in [6.45, 7) is 7.43. The second kappa shape index (κ2) is 10.9. The average Bonchev–Trinajstić information content (AvgIpc) is 2.67. The Hall–Kier alpha value is -2.74. The van der Waals surface area contributed by atoms with Crippen LogP contribution in [0.5, 0.6) is 5.75 Å². The zero-order valence-electron chi connectivity index (χ0n) is 17.3. The van der Waals surface area contributed by atoms with Crippen LogP contribution in [0.1, 0.15) is 43.6 Å². The normalized spacial score (nSPS) is 12.3. The van der Waals surface area contributed by atoms with Gasteiger partial charge in [-0.1, -0.05) is 26.0 Å². The van der Waals surface area contributed by atoms with E-state index in [0.717, 1.165) is 10.0 Å². The van der Waals surface area contributed by atoms with E-state index in [9.17, 15) is 14.0 Å². The van der Waals surface area contributed by atoms with Crippen molar-refractivity contribution in [3.05, 3.63) is 63.9 Å². The first-order chi connectivity index (χ1) is 14.2. The molecule has 0 radical (unpaired) electrons. The Kier molecular flexibility index (Phi) is 8.53. The number of carbonyl (C=O) groups is 2. The smallest absolute Gasteiger partial charge is 0.262 e. The molecular formula is C22H25BrFN3O3. The van der Waals surface area contributed by atoms with Crippen LogP contribution in [-0.2, 0) is 4.79 Å². The molecular weight excluding hydrogens is 453 g/mol. The van der Waals surface area contributed by atoms with Gasteiger partial charge >= 0.3 is 0 Å². The van der Waals surface area contributed by atoms with Gasteiger partial charge in [-0.15, -0.1) is 0 Å². The van der Waals surface area contributed by atoms with Crippen molar-refractivity contribution in [3.8, 4) is 5.75 Å². The Bertz CT molecular complexity index is 932. The van der Waals surface area contributed by atoms with Crippen LogP contribution in [0, 0.1) is 11.7 Å². The zero-order chi connectivity index (χ0) is 22.3. The molecule has 30 heavy (non-hydrogen) atoms. The van der Waals surface area contributed by atoms with Crippen molar-refractivity contribution in [2.75, 3.05) is 0 Å². The molecule has 0 fully saturated rings. The van der Waals surface area contributed by atoms with Crippen LogP contribution in [0.2, 0.25) is 0 Å². The molecule has 2 amide bonds. The van der Waals surface area contributed by atoms with Gasteiger partial charge in [-0.05, 0) is 71.6 Å². The highest BCUT2D eigenvalue weighted by Crippen LogP contribution is 2.26. The molecule has 0 aliphatic carbocycles. The van der Waals surface area contributed by atoms with E-state index < -0.39 is 23.7 Å². The first-order valence-electron chi connectivity index (χ1n) is 9.53. The SMILES string of the molecule is CC(C)Oc1ccc(C=NNC(=O)C(NC(=O)c2ccccc2F)C(C)C)cc1Br. The highest BCUT2D eigenvalue weighted by Gasteiger charge is 2.25. The quantitative estimate of drug-likeness (QED) is 0.439. The molecule has 0 spiro atoms. The van der Waals surface area contributed by atoms with Gasteiger partial charge < -0.3 is 10.1 Å². The molecule has 0 saturated carbocycles. The summed E-state index contributed by atoms with van der Waals surface area (Å²) < 4.78 is 20.2. The van der Waals surface area contributed by atoms with E-state index >= 15 is 0 Å². The highest BCUT2D eigenvalue weighted by molar-refractivity contribution is 9.10. The maximum absolute atomic E-state index is 13.8. The second-order valence-corrected chi connectivity index (χ2v) is 8.12. The predicted molar refractivity (Wildman–Crippen MR) is 118 cm³/mol. The number of carbonyl (C=O) groups excluding carboxylic acids is 2. The van der Waals surface area contributed by atoms with Gasteiger partial charge in [-0.25, -0.2) is 9.82 Å². The molecule has 0 aliphatic rings. The minimum Gasteiger partial charge on any atom is -0.490 e. The zero-order valence-corrected chi connectivity index (χ0v) is 18.9. The summed E-state index contributed by atoms with van der Waals surface area (Å²) in [7, 11) is 0. The first kappa shape index (κ1) is 23.5. The molecule has 2 aromatic rings. The first-order valence-corrected chi connectivity index (χ1v) is 10.3. The van der Waals surface area contributed by atoms with Crippen molar-refractivity contribution < 1.29 is 18.7 Å². The number of halogens is 2. The van der Waals surface area contributed by atoms with E-state index in [2.05, 4.69) is 31.8 Å². The van der Waals surface area contributed by atoms with E-state index in [1.54, 1.807) is 32.0 Å². The number of ether oxygens (including phenoxy) is 1. The van der Waals surface area contributed by atoms with Crippen LogP contribution >= 0.6 is 15.9 Å². The lowest BCUT2D eigenvalue weighted by atomic mass is 10.0. The number of hydrogen-bond acceptors (Lipinski definition) is 4. The summed E-state index contributed by atoms with van der Waals surface area (Å²) in [6.07, 6.45) is 1.53. The second-order valence-electron chi connectivity index (χ2n) is 7.27. The fourth-order valence-corrected chi connectivity index (χ4v) is 3.08. The number of benzene rings is 2. The van der Waals surface area contributed by atoms with Crippen molar-refractivity contribution in [1.29, 1.82) is 0 Å². The molecule has 2 N–H and O–H groups in total. The topological polar surface area (TPSA) is 79.8 Å². The summed E-state index contributed by atoms with van der Waals surface area (Å²) in [5, 5.41) is 6.53. The van der Waals surface area contributed by atoms with Gasteiger partial charge in [0.15, 0.2) is 0 Å². The molecule has 0 aliphatic heterocycles. The third-order valence-electron chi connectivity index (χ3n) is 4.06. The van der Waals surface area contributed by atoms with E-state index in [1.807, 2.05) is 19.9 Å². The monoisotopic (exact) mass is 477 g/mol. The maximum Gasteiger partial charge on any atom is 0.262 e. The number of hydrazone groups is 1. The number of hydrogen-bond donors (Lipinski definition) is 2. The van der Waals surface area contributed by atoms with Crippen LogP contribution in [0.25, 0.3) is 0 Å². The molecule has 2 aromatic carbocycles. The summed E-state index contributed by atoms with van der Waals surface area (Å²) in [4.78, 5) is 24.8. The van der Waals surface area contributed by atoms with Crippen molar-refractivity contribution in [3.63, 3.8) is 0 Å². The van der Waals surface area contributed by atoms with Gasteiger partial charge in [0.05, 0.1) is 22.4 Å². The Morgan fingerprint density at radius 3 is 2.43 bits per heavy atom. The Morgan fingerprint density at radius 2 is 1.83 bits per heavy atom. The molecule has 8 heteroatoms.